The predicted octanol–water partition coefficient (Wildman–Crippen LogP) is 4.25. The van der Waals surface area contributed by atoms with E-state index in [4.69, 9.17) is 23.7 Å². The molecule has 2 atom stereocenters. The van der Waals surface area contributed by atoms with Crippen LogP contribution in [-0.4, -0.2) is 44.8 Å². The second-order valence-electron chi connectivity index (χ2n) is 9.51. The van der Waals surface area contributed by atoms with E-state index in [2.05, 4.69) is 0 Å². The Bertz CT molecular complexity index is 1430. The van der Waals surface area contributed by atoms with Crippen LogP contribution in [0.25, 0.3) is 0 Å². The van der Waals surface area contributed by atoms with Crippen molar-refractivity contribution in [3.05, 3.63) is 76.3 Å². The first-order chi connectivity index (χ1) is 18.7. The number of ether oxygens (including phenoxy) is 5. The third-order valence-corrected chi connectivity index (χ3v) is 7.09. The van der Waals surface area contributed by atoms with Crippen LogP contribution < -0.4 is 23.7 Å². The van der Waals surface area contributed by atoms with Gasteiger partial charge in [0.2, 0.25) is 5.75 Å². The highest BCUT2D eigenvalue weighted by atomic mass is 16.5. The molecule has 0 bridgehead atoms. The van der Waals surface area contributed by atoms with E-state index in [1.54, 1.807) is 50.2 Å². The largest absolute Gasteiger partial charge is 0.493 e. The molecule has 2 aliphatic heterocycles. The molecule has 0 radical (unpaired) electrons. The minimum atomic E-state index is -1.53. The Morgan fingerprint density at radius 3 is 1.46 bits per heavy atom. The normalized spacial score (nSPS) is 18.9. The molecule has 3 aromatic carbocycles. The lowest BCUT2D eigenvalue weighted by Gasteiger charge is -2.35. The Labute approximate surface area is 224 Å². The number of fused-ring (bicyclic) bond motifs is 2. The molecule has 0 saturated heterocycles. The lowest BCUT2D eigenvalue weighted by atomic mass is 9.70. The summed E-state index contributed by atoms with van der Waals surface area (Å²) in [4.78, 5) is 54.8. The summed E-state index contributed by atoms with van der Waals surface area (Å²) >= 11 is 0. The Kier molecular flexibility index (Phi) is 6.59. The van der Waals surface area contributed by atoms with Gasteiger partial charge in [-0.15, -0.1) is 0 Å². The number of ketones is 2. The van der Waals surface area contributed by atoms with Crippen LogP contribution in [-0.2, 0) is 9.59 Å². The van der Waals surface area contributed by atoms with Crippen molar-refractivity contribution in [3.63, 3.8) is 0 Å². The fourth-order valence-electron chi connectivity index (χ4n) is 5.23. The number of esters is 2. The fourth-order valence-corrected chi connectivity index (χ4v) is 5.23. The van der Waals surface area contributed by atoms with E-state index in [1.165, 1.54) is 33.5 Å². The Morgan fingerprint density at radius 1 is 0.641 bits per heavy atom. The number of rotatable bonds is 6. The summed E-state index contributed by atoms with van der Waals surface area (Å²) in [5, 5.41) is 0. The minimum Gasteiger partial charge on any atom is -0.493 e. The van der Waals surface area contributed by atoms with E-state index in [9.17, 15) is 19.2 Å². The van der Waals surface area contributed by atoms with Gasteiger partial charge in [0.25, 0.3) is 0 Å². The van der Waals surface area contributed by atoms with Crippen LogP contribution in [0.2, 0.25) is 0 Å². The molecule has 3 aromatic rings. The van der Waals surface area contributed by atoms with Crippen molar-refractivity contribution in [2.45, 2.75) is 19.8 Å². The van der Waals surface area contributed by atoms with Crippen LogP contribution in [0.15, 0.2) is 48.5 Å². The first kappa shape index (κ1) is 26.0. The molecule has 2 heterocycles. The molecule has 0 spiro atoms. The van der Waals surface area contributed by atoms with Crippen molar-refractivity contribution >= 4 is 23.5 Å². The monoisotopic (exact) mass is 530 g/mol. The first-order valence-electron chi connectivity index (χ1n) is 12.2. The zero-order valence-corrected chi connectivity index (χ0v) is 22.0. The minimum absolute atomic E-state index is 0.119. The number of methoxy groups -OCH3 is 3. The van der Waals surface area contributed by atoms with Gasteiger partial charge in [-0.25, -0.2) is 0 Å². The SMILES string of the molecule is COc1cc(C(C2C(=O)Oc3ccc(C)cc3C2=O)C2C(=O)Oc3ccc(C)cc3C2=O)cc(OC)c1OC. The van der Waals surface area contributed by atoms with Crippen LogP contribution in [0.3, 0.4) is 0 Å². The molecule has 0 aromatic heterocycles. The molecular weight excluding hydrogens is 504 g/mol. The van der Waals surface area contributed by atoms with Crippen molar-refractivity contribution in [1.82, 2.24) is 0 Å². The highest BCUT2D eigenvalue weighted by Gasteiger charge is 2.52. The molecule has 0 aliphatic carbocycles. The van der Waals surface area contributed by atoms with Gasteiger partial charge in [-0.3, -0.25) is 19.2 Å². The number of Topliss-reactive ketones (excluding diaryl/α,β-unsaturated/α-hetero) is 2. The van der Waals surface area contributed by atoms with Gasteiger partial charge in [0.1, 0.15) is 23.3 Å². The van der Waals surface area contributed by atoms with Crippen molar-refractivity contribution in [2.24, 2.45) is 11.8 Å². The van der Waals surface area contributed by atoms with E-state index in [0.29, 0.717) is 0 Å². The zero-order valence-electron chi connectivity index (χ0n) is 22.0. The molecule has 5 rings (SSSR count). The lowest BCUT2D eigenvalue weighted by Crippen LogP contribution is -2.46. The number of hydrogen-bond acceptors (Lipinski definition) is 9. The average Bonchev–Trinajstić information content (AvgIpc) is 2.92. The second kappa shape index (κ2) is 9.90. The van der Waals surface area contributed by atoms with Gasteiger partial charge in [0.05, 0.1) is 32.5 Å². The van der Waals surface area contributed by atoms with Gasteiger partial charge >= 0.3 is 11.9 Å². The molecule has 2 unspecified atom stereocenters. The van der Waals surface area contributed by atoms with Gasteiger partial charge in [0, 0.05) is 5.92 Å². The van der Waals surface area contributed by atoms with Crippen LogP contribution in [0.1, 0.15) is 43.3 Å². The van der Waals surface area contributed by atoms with Gasteiger partial charge in [-0.05, 0) is 55.8 Å². The van der Waals surface area contributed by atoms with E-state index in [1.807, 2.05) is 0 Å². The molecule has 200 valence electrons. The van der Waals surface area contributed by atoms with E-state index < -0.39 is 41.3 Å². The standard InChI is InChI=1S/C30H26O9/c1-14-6-8-19-17(10-14)26(31)24(29(33)38-19)23(16-12-21(35-3)28(37-5)22(13-16)36-4)25-27(32)18-11-15(2)7-9-20(18)39-30(25)34/h6-13,23-25H,1-5H3. The second-order valence-corrected chi connectivity index (χ2v) is 9.51. The van der Waals surface area contributed by atoms with Crippen molar-refractivity contribution < 1.29 is 42.9 Å². The van der Waals surface area contributed by atoms with Gasteiger partial charge in [-0.1, -0.05) is 23.3 Å². The van der Waals surface area contributed by atoms with Gasteiger partial charge < -0.3 is 23.7 Å². The van der Waals surface area contributed by atoms with Gasteiger partial charge in [0.15, 0.2) is 23.1 Å². The summed E-state index contributed by atoms with van der Waals surface area (Å²) in [5.41, 5.74) is 2.19. The summed E-state index contributed by atoms with van der Waals surface area (Å²) in [7, 11) is 4.25. The van der Waals surface area contributed by atoms with Crippen molar-refractivity contribution in [3.8, 4) is 28.7 Å². The summed E-state index contributed by atoms with van der Waals surface area (Å²) in [6.45, 7) is 3.61. The number of carbonyl (C=O) groups excluding carboxylic acids is 4. The number of hydrogen-bond donors (Lipinski definition) is 0. The van der Waals surface area contributed by atoms with Crippen LogP contribution in [0, 0.1) is 25.7 Å². The maximum absolute atomic E-state index is 13.9. The maximum atomic E-state index is 13.9. The number of benzene rings is 3. The Balaban J connectivity index is 1.74. The Morgan fingerprint density at radius 2 is 1.08 bits per heavy atom. The summed E-state index contributed by atoms with van der Waals surface area (Å²) in [6, 6.07) is 12.8. The number of aryl methyl sites for hydroxylation is 2. The topological polar surface area (TPSA) is 114 Å². The highest BCUT2D eigenvalue weighted by Crippen LogP contribution is 2.48. The van der Waals surface area contributed by atoms with E-state index in [-0.39, 0.29) is 45.4 Å². The van der Waals surface area contributed by atoms with Crippen molar-refractivity contribution in [2.75, 3.05) is 21.3 Å². The molecule has 9 heteroatoms. The summed E-state index contributed by atoms with van der Waals surface area (Å²) in [6.07, 6.45) is 0. The van der Waals surface area contributed by atoms with Crippen LogP contribution in [0.4, 0.5) is 0 Å². The highest BCUT2D eigenvalue weighted by molar-refractivity contribution is 6.18. The van der Waals surface area contributed by atoms with Gasteiger partial charge in [-0.2, -0.15) is 0 Å². The average molecular weight is 531 g/mol. The number of carbonyl (C=O) groups is 4. The molecule has 0 fully saturated rings. The molecule has 0 saturated carbocycles. The van der Waals surface area contributed by atoms with E-state index >= 15 is 0 Å². The summed E-state index contributed by atoms with van der Waals surface area (Å²) in [5.74, 6) is -6.33. The smallest absolute Gasteiger partial charge is 0.322 e. The first-order valence-corrected chi connectivity index (χ1v) is 12.2. The third-order valence-electron chi connectivity index (χ3n) is 7.09. The molecule has 2 aliphatic rings. The quantitative estimate of drug-likeness (QED) is 0.262. The van der Waals surface area contributed by atoms with Crippen LogP contribution >= 0.6 is 0 Å². The molecule has 39 heavy (non-hydrogen) atoms. The summed E-state index contributed by atoms with van der Waals surface area (Å²) < 4.78 is 27.5. The third kappa shape index (κ3) is 4.29. The predicted molar refractivity (Wildman–Crippen MR) is 138 cm³/mol. The molecule has 0 amide bonds. The fraction of sp³-hybridized carbons (Fsp3) is 0.267. The maximum Gasteiger partial charge on any atom is 0.322 e. The Hall–Kier alpha value is -4.66. The molecule has 0 N–H and O–H groups in total. The van der Waals surface area contributed by atoms with E-state index in [0.717, 1.165) is 11.1 Å². The molecule has 9 nitrogen and oxygen atoms in total. The molecular formula is C30H26O9. The zero-order chi connectivity index (χ0) is 28.0. The van der Waals surface area contributed by atoms with Crippen molar-refractivity contribution in [1.29, 1.82) is 0 Å². The lowest BCUT2D eigenvalue weighted by molar-refractivity contribution is -0.142. The van der Waals surface area contributed by atoms with Crippen LogP contribution in [0.5, 0.6) is 28.7 Å².